The molecule has 2 N–H and O–H groups in total. The number of likely N-dealkylation sites (N-methyl/N-ethyl adjacent to an activating group) is 1. The summed E-state index contributed by atoms with van der Waals surface area (Å²) >= 11 is 9.06. The third-order valence-electron chi connectivity index (χ3n) is 2.58. The van der Waals surface area contributed by atoms with Crippen LogP contribution in [0.1, 0.15) is 13.8 Å². The summed E-state index contributed by atoms with van der Waals surface area (Å²) in [5.74, 6) is 0. The van der Waals surface area contributed by atoms with Crippen molar-refractivity contribution in [1.29, 1.82) is 0 Å². The highest BCUT2D eigenvalue weighted by Crippen LogP contribution is 2.32. The molecule has 1 aromatic rings. The van der Waals surface area contributed by atoms with Gasteiger partial charge in [0.1, 0.15) is 0 Å². The fourth-order valence-electron chi connectivity index (χ4n) is 1.48. The highest BCUT2D eigenvalue weighted by molar-refractivity contribution is 9.10. The van der Waals surface area contributed by atoms with Gasteiger partial charge in [0.05, 0.1) is 22.1 Å². The Labute approximate surface area is 133 Å². The topological polar surface area (TPSA) is 72.6 Å². The summed E-state index contributed by atoms with van der Waals surface area (Å²) in [6, 6.07) is 2.86. The molecule has 8 heteroatoms. The van der Waals surface area contributed by atoms with Crippen molar-refractivity contribution in [3.8, 4) is 0 Å². The van der Waals surface area contributed by atoms with Crippen molar-refractivity contribution in [2.75, 3.05) is 25.9 Å². The van der Waals surface area contributed by atoms with E-state index in [1.807, 2.05) is 13.8 Å². The van der Waals surface area contributed by atoms with Gasteiger partial charge in [-0.15, -0.1) is 0 Å². The number of nitrogen functional groups attached to an aromatic ring is 1. The highest BCUT2D eigenvalue weighted by Gasteiger charge is 2.25. The Hall–Kier alpha value is -0.340. The molecule has 0 radical (unpaired) electrons. The maximum absolute atomic E-state index is 12.5. The largest absolute Gasteiger partial charge is 0.398 e. The van der Waals surface area contributed by atoms with Gasteiger partial charge in [0.25, 0.3) is 0 Å². The zero-order valence-electron chi connectivity index (χ0n) is 11.6. The summed E-state index contributed by atoms with van der Waals surface area (Å²) in [6.07, 6.45) is 0.0552. The second-order valence-electron chi connectivity index (χ2n) is 4.55. The summed E-state index contributed by atoms with van der Waals surface area (Å²) in [5, 5.41) is 0.274. The average molecular weight is 386 g/mol. The van der Waals surface area contributed by atoms with E-state index in [4.69, 9.17) is 22.1 Å². The number of rotatable bonds is 6. The molecule has 0 aliphatic carbocycles. The predicted molar refractivity (Wildman–Crippen MR) is 84.5 cm³/mol. The number of benzene rings is 1. The van der Waals surface area contributed by atoms with E-state index < -0.39 is 10.0 Å². The SMILES string of the molecule is CC(C)OCCN(C)S(=O)(=O)c1cc(Cl)cc(N)c1Br. The Morgan fingerprint density at radius 3 is 2.60 bits per heavy atom. The van der Waals surface area contributed by atoms with Crippen LogP contribution in [0.3, 0.4) is 0 Å². The minimum atomic E-state index is -3.67. The monoisotopic (exact) mass is 384 g/mol. The van der Waals surface area contributed by atoms with Gasteiger partial charge in [-0.05, 0) is 41.9 Å². The number of hydrogen-bond donors (Lipinski definition) is 1. The van der Waals surface area contributed by atoms with Crippen LogP contribution in [0, 0.1) is 0 Å². The molecule has 0 saturated carbocycles. The lowest BCUT2D eigenvalue weighted by Crippen LogP contribution is -2.31. The predicted octanol–water partition coefficient (Wildman–Crippen LogP) is 2.73. The number of nitrogens with zero attached hydrogens (tertiary/aromatic N) is 1. The molecule has 0 aromatic heterocycles. The molecule has 1 rings (SSSR count). The first-order chi connectivity index (χ1) is 9.16. The molecule has 0 aliphatic heterocycles. The summed E-state index contributed by atoms with van der Waals surface area (Å²) in [4.78, 5) is 0.0505. The highest BCUT2D eigenvalue weighted by atomic mass is 79.9. The lowest BCUT2D eigenvalue weighted by atomic mass is 10.3. The Balaban J connectivity index is 2.99. The third kappa shape index (κ3) is 4.33. The van der Waals surface area contributed by atoms with Crippen LogP contribution in [0.25, 0.3) is 0 Å². The molecular weight excluding hydrogens is 368 g/mol. The number of hydrogen-bond acceptors (Lipinski definition) is 4. The first-order valence-corrected chi connectivity index (χ1v) is 8.59. The molecule has 0 aliphatic rings. The Morgan fingerprint density at radius 1 is 1.45 bits per heavy atom. The molecule has 0 amide bonds. The zero-order chi connectivity index (χ0) is 15.5. The zero-order valence-corrected chi connectivity index (χ0v) is 14.7. The van der Waals surface area contributed by atoms with Crippen LogP contribution in [0.15, 0.2) is 21.5 Å². The molecule has 0 heterocycles. The van der Waals surface area contributed by atoms with Gasteiger partial charge >= 0.3 is 0 Å². The summed E-state index contributed by atoms with van der Waals surface area (Å²) in [7, 11) is -2.18. The molecule has 114 valence electrons. The van der Waals surface area contributed by atoms with Gasteiger partial charge in [0, 0.05) is 24.3 Å². The lowest BCUT2D eigenvalue weighted by Gasteiger charge is -2.19. The van der Waals surface area contributed by atoms with Crippen molar-refractivity contribution in [1.82, 2.24) is 4.31 Å². The van der Waals surface area contributed by atoms with Crippen molar-refractivity contribution in [3.63, 3.8) is 0 Å². The van der Waals surface area contributed by atoms with Crippen molar-refractivity contribution in [2.24, 2.45) is 0 Å². The van der Waals surface area contributed by atoms with Crippen LogP contribution in [0.5, 0.6) is 0 Å². The quantitative estimate of drug-likeness (QED) is 0.764. The van der Waals surface area contributed by atoms with Gasteiger partial charge in [0.15, 0.2) is 0 Å². The molecule has 0 bridgehead atoms. The number of anilines is 1. The van der Waals surface area contributed by atoms with Crippen LogP contribution in [0.4, 0.5) is 5.69 Å². The molecule has 0 unspecified atom stereocenters. The molecule has 0 saturated heterocycles. The molecule has 20 heavy (non-hydrogen) atoms. The van der Waals surface area contributed by atoms with E-state index in [9.17, 15) is 8.42 Å². The average Bonchev–Trinajstić information content (AvgIpc) is 2.32. The smallest absolute Gasteiger partial charge is 0.244 e. The number of ether oxygens (including phenoxy) is 1. The number of nitrogens with two attached hydrogens (primary N) is 1. The van der Waals surface area contributed by atoms with E-state index in [1.165, 1.54) is 23.5 Å². The van der Waals surface area contributed by atoms with E-state index >= 15 is 0 Å². The summed E-state index contributed by atoms with van der Waals surface area (Å²) in [6.45, 7) is 4.35. The molecule has 0 atom stereocenters. The fraction of sp³-hybridized carbons (Fsp3) is 0.500. The van der Waals surface area contributed by atoms with Gasteiger partial charge in [0.2, 0.25) is 10.0 Å². The minimum Gasteiger partial charge on any atom is -0.398 e. The van der Waals surface area contributed by atoms with Crippen molar-refractivity contribution in [3.05, 3.63) is 21.6 Å². The fourth-order valence-corrected chi connectivity index (χ4v) is 3.88. The van der Waals surface area contributed by atoms with Crippen molar-refractivity contribution >= 4 is 43.2 Å². The van der Waals surface area contributed by atoms with Crippen LogP contribution < -0.4 is 5.73 Å². The Morgan fingerprint density at radius 2 is 2.05 bits per heavy atom. The van der Waals surface area contributed by atoms with E-state index in [0.717, 1.165) is 0 Å². The second kappa shape index (κ2) is 7.09. The van der Waals surface area contributed by atoms with Crippen molar-refractivity contribution in [2.45, 2.75) is 24.8 Å². The second-order valence-corrected chi connectivity index (χ2v) is 7.80. The van der Waals surface area contributed by atoms with Gasteiger partial charge < -0.3 is 10.5 Å². The Kier molecular flexibility index (Phi) is 6.27. The molecule has 5 nitrogen and oxygen atoms in total. The Bertz CT molecular complexity index is 578. The third-order valence-corrected chi connectivity index (χ3v) is 5.82. The van der Waals surface area contributed by atoms with Gasteiger partial charge in [-0.25, -0.2) is 8.42 Å². The summed E-state index contributed by atoms with van der Waals surface area (Å²) in [5.41, 5.74) is 6.00. The maximum Gasteiger partial charge on any atom is 0.244 e. The van der Waals surface area contributed by atoms with E-state index in [1.54, 1.807) is 0 Å². The first-order valence-electron chi connectivity index (χ1n) is 5.98. The molecular formula is C12H18BrClN2O3S. The van der Waals surface area contributed by atoms with E-state index in [2.05, 4.69) is 15.9 Å². The lowest BCUT2D eigenvalue weighted by molar-refractivity contribution is 0.0737. The van der Waals surface area contributed by atoms with Gasteiger partial charge in [-0.3, -0.25) is 0 Å². The molecule has 0 fully saturated rings. The van der Waals surface area contributed by atoms with Gasteiger partial charge in [-0.1, -0.05) is 11.6 Å². The van der Waals surface area contributed by atoms with Crippen LogP contribution in [0.2, 0.25) is 5.02 Å². The minimum absolute atomic E-state index is 0.0505. The number of halogens is 2. The van der Waals surface area contributed by atoms with E-state index in [0.29, 0.717) is 11.1 Å². The maximum atomic E-state index is 12.5. The molecule has 1 aromatic carbocycles. The van der Waals surface area contributed by atoms with Gasteiger partial charge in [-0.2, -0.15) is 4.31 Å². The normalized spacial score (nSPS) is 12.3. The van der Waals surface area contributed by atoms with Crippen LogP contribution in [-0.2, 0) is 14.8 Å². The standard InChI is InChI=1S/C12H18BrClN2O3S/c1-8(2)19-5-4-16(3)20(17,18)11-7-9(14)6-10(15)12(11)13/h6-8H,4-5,15H2,1-3H3. The first kappa shape index (κ1) is 17.7. The number of sulfonamides is 1. The van der Waals surface area contributed by atoms with Crippen molar-refractivity contribution < 1.29 is 13.2 Å². The van der Waals surface area contributed by atoms with Crippen LogP contribution >= 0.6 is 27.5 Å². The molecule has 0 spiro atoms. The summed E-state index contributed by atoms with van der Waals surface area (Å²) < 4.78 is 31.8. The van der Waals surface area contributed by atoms with E-state index in [-0.39, 0.29) is 28.3 Å². The van der Waals surface area contributed by atoms with Crippen LogP contribution in [-0.4, -0.2) is 39.0 Å².